The molecule has 1 aliphatic rings. The van der Waals surface area contributed by atoms with Crippen LogP contribution in [0.15, 0.2) is 28.7 Å². The standard InChI is InChI=1S/C15H24BrN3/c1-15(2,12-17-3)19-10-8-18(9-11-19)14-6-4-13(16)5-7-14/h4-7,17H,8-12H2,1-3H3. The number of benzene rings is 1. The summed E-state index contributed by atoms with van der Waals surface area (Å²) in [5.74, 6) is 0. The maximum Gasteiger partial charge on any atom is 0.0367 e. The fourth-order valence-electron chi connectivity index (χ4n) is 2.77. The van der Waals surface area contributed by atoms with Crippen molar-refractivity contribution in [3.63, 3.8) is 0 Å². The Morgan fingerprint density at radius 2 is 1.68 bits per heavy atom. The van der Waals surface area contributed by atoms with Crippen LogP contribution in [0.25, 0.3) is 0 Å². The molecule has 0 spiro atoms. The van der Waals surface area contributed by atoms with E-state index in [-0.39, 0.29) is 5.54 Å². The van der Waals surface area contributed by atoms with Crippen LogP contribution < -0.4 is 10.2 Å². The zero-order valence-electron chi connectivity index (χ0n) is 12.1. The summed E-state index contributed by atoms with van der Waals surface area (Å²) in [4.78, 5) is 5.05. The molecule has 0 saturated carbocycles. The summed E-state index contributed by atoms with van der Waals surface area (Å²) >= 11 is 3.49. The average molecular weight is 326 g/mol. The highest BCUT2D eigenvalue weighted by Gasteiger charge is 2.29. The zero-order chi connectivity index (χ0) is 13.9. The van der Waals surface area contributed by atoms with Gasteiger partial charge in [-0.25, -0.2) is 0 Å². The third kappa shape index (κ3) is 3.71. The Morgan fingerprint density at radius 3 is 2.21 bits per heavy atom. The molecule has 1 fully saturated rings. The monoisotopic (exact) mass is 325 g/mol. The molecule has 19 heavy (non-hydrogen) atoms. The maximum absolute atomic E-state index is 3.49. The van der Waals surface area contributed by atoms with Crippen LogP contribution in [-0.4, -0.2) is 50.2 Å². The van der Waals surface area contributed by atoms with Crippen molar-refractivity contribution in [3.05, 3.63) is 28.7 Å². The van der Waals surface area contributed by atoms with Crippen molar-refractivity contribution >= 4 is 21.6 Å². The molecule has 0 radical (unpaired) electrons. The van der Waals surface area contributed by atoms with Crippen LogP contribution in [0, 0.1) is 0 Å². The van der Waals surface area contributed by atoms with E-state index in [1.807, 2.05) is 7.05 Å². The van der Waals surface area contributed by atoms with Crippen LogP contribution in [0.4, 0.5) is 5.69 Å². The fraction of sp³-hybridized carbons (Fsp3) is 0.600. The summed E-state index contributed by atoms with van der Waals surface area (Å²) in [6, 6.07) is 8.62. The molecule has 3 nitrogen and oxygen atoms in total. The summed E-state index contributed by atoms with van der Waals surface area (Å²) < 4.78 is 1.14. The normalized spacial score (nSPS) is 17.8. The summed E-state index contributed by atoms with van der Waals surface area (Å²) in [6.45, 7) is 10.1. The fourth-order valence-corrected chi connectivity index (χ4v) is 3.03. The van der Waals surface area contributed by atoms with Crippen molar-refractivity contribution in [1.29, 1.82) is 0 Å². The third-order valence-corrected chi connectivity index (χ3v) is 4.47. The molecule has 0 aromatic heterocycles. The lowest BCUT2D eigenvalue weighted by Gasteiger charge is -2.44. The van der Waals surface area contributed by atoms with Crippen molar-refractivity contribution < 1.29 is 0 Å². The van der Waals surface area contributed by atoms with Gasteiger partial charge in [0.1, 0.15) is 0 Å². The molecule has 1 aromatic rings. The summed E-state index contributed by atoms with van der Waals surface area (Å²) in [6.07, 6.45) is 0. The van der Waals surface area contributed by atoms with Gasteiger partial charge in [-0.05, 0) is 45.2 Å². The first kappa shape index (κ1) is 14.8. The lowest BCUT2D eigenvalue weighted by molar-refractivity contribution is 0.112. The van der Waals surface area contributed by atoms with E-state index in [1.54, 1.807) is 0 Å². The first-order chi connectivity index (χ1) is 9.03. The van der Waals surface area contributed by atoms with E-state index < -0.39 is 0 Å². The van der Waals surface area contributed by atoms with Gasteiger partial charge in [0.05, 0.1) is 0 Å². The number of nitrogens with one attached hydrogen (secondary N) is 1. The van der Waals surface area contributed by atoms with Gasteiger partial charge in [-0.1, -0.05) is 15.9 Å². The highest BCUT2D eigenvalue weighted by Crippen LogP contribution is 2.22. The minimum atomic E-state index is 0.237. The van der Waals surface area contributed by atoms with Crippen LogP contribution >= 0.6 is 15.9 Å². The Balaban J connectivity index is 1.94. The van der Waals surface area contributed by atoms with Crippen molar-refractivity contribution in [3.8, 4) is 0 Å². The first-order valence-corrected chi connectivity index (χ1v) is 7.72. The summed E-state index contributed by atoms with van der Waals surface area (Å²) in [5.41, 5.74) is 1.56. The largest absolute Gasteiger partial charge is 0.369 e. The van der Waals surface area contributed by atoms with Crippen LogP contribution in [0.1, 0.15) is 13.8 Å². The van der Waals surface area contributed by atoms with Gasteiger partial charge in [-0.15, -0.1) is 0 Å². The van der Waals surface area contributed by atoms with Crippen molar-refractivity contribution in [2.45, 2.75) is 19.4 Å². The number of hydrogen-bond acceptors (Lipinski definition) is 3. The van der Waals surface area contributed by atoms with E-state index in [4.69, 9.17) is 0 Å². The summed E-state index contributed by atoms with van der Waals surface area (Å²) in [5, 5.41) is 3.29. The van der Waals surface area contributed by atoms with Gasteiger partial charge in [0.25, 0.3) is 0 Å². The van der Waals surface area contributed by atoms with Crippen LogP contribution in [0.3, 0.4) is 0 Å². The number of likely N-dealkylation sites (N-methyl/N-ethyl adjacent to an activating group) is 1. The molecule has 1 aliphatic heterocycles. The van der Waals surface area contributed by atoms with Gasteiger partial charge < -0.3 is 10.2 Å². The molecule has 0 bridgehead atoms. The maximum atomic E-state index is 3.49. The Hall–Kier alpha value is -0.580. The Bertz CT molecular complexity index is 394. The van der Waals surface area contributed by atoms with Crippen LogP contribution in [-0.2, 0) is 0 Å². The first-order valence-electron chi connectivity index (χ1n) is 6.93. The molecule has 1 heterocycles. The van der Waals surface area contributed by atoms with E-state index in [0.717, 1.165) is 37.2 Å². The molecule has 0 amide bonds. The predicted molar refractivity (Wildman–Crippen MR) is 85.9 cm³/mol. The molecule has 2 rings (SSSR count). The number of anilines is 1. The molecule has 1 N–H and O–H groups in total. The molecule has 0 atom stereocenters. The van der Waals surface area contributed by atoms with Crippen molar-refractivity contribution in [2.75, 3.05) is 44.7 Å². The average Bonchev–Trinajstić information content (AvgIpc) is 2.40. The highest BCUT2D eigenvalue weighted by atomic mass is 79.9. The quantitative estimate of drug-likeness (QED) is 0.917. The van der Waals surface area contributed by atoms with Crippen molar-refractivity contribution in [1.82, 2.24) is 10.2 Å². The third-order valence-electron chi connectivity index (χ3n) is 3.94. The minimum absolute atomic E-state index is 0.237. The molecule has 0 unspecified atom stereocenters. The Morgan fingerprint density at radius 1 is 1.11 bits per heavy atom. The second kappa shape index (κ2) is 6.25. The molecular formula is C15H24BrN3. The number of nitrogens with zero attached hydrogens (tertiary/aromatic N) is 2. The van der Waals surface area contributed by atoms with Gasteiger partial charge >= 0.3 is 0 Å². The Labute approximate surface area is 125 Å². The van der Waals surface area contributed by atoms with E-state index in [2.05, 4.69) is 69.2 Å². The molecular weight excluding hydrogens is 302 g/mol. The van der Waals surface area contributed by atoms with Gasteiger partial charge in [-0.2, -0.15) is 0 Å². The van der Waals surface area contributed by atoms with E-state index in [1.165, 1.54) is 5.69 Å². The molecule has 1 saturated heterocycles. The second-order valence-electron chi connectivity index (χ2n) is 5.79. The minimum Gasteiger partial charge on any atom is -0.369 e. The van der Waals surface area contributed by atoms with Crippen LogP contribution in [0.2, 0.25) is 0 Å². The van der Waals surface area contributed by atoms with Gasteiger partial charge in [0.2, 0.25) is 0 Å². The zero-order valence-corrected chi connectivity index (χ0v) is 13.7. The summed E-state index contributed by atoms with van der Waals surface area (Å²) in [7, 11) is 2.03. The van der Waals surface area contributed by atoms with Gasteiger partial charge in [0, 0.05) is 48.4 Å². The van der Waals surface area contributed by atoms with Crippen molar-refractivity contribution in [2.24, 2.45) is 0 Å². The predicted octanol–water partition coefficient (Wildman–Crippen LogP) is 2.57. The number of hydrogen-bond donors (Lipinski definition) is 1. The van der Waals surface area contributed by atoms with E-state index >= 15 is 0 Å². The lowest BCUT2D eigenvalue weighted by atomic mass is 10.0. The lowest BCUT2D eigenvalue weighted by Crippen LogP contribution is -2.57. The number of rotatable bonds is 4. The smallest absolute Gasteiger partial charge is 0.0367 e. The van der Waals surface area contributed by atoms with Gasteiger partial charge in [-0.3, -0.25) is 4.90 Å². The number of halogens is 1. The van der Waals surface area contributed by atoms with Crippen LogP contribution in [0.5, 0.6) is 0 Å². The number of piperazine rings is 1. The SMILES string of the molecule is CNCC(C)(C)N1CCN(c2ccc(Br)cc2)CC1. The van der Waals surface area contributed by atoms with Gasteiger partial charge in [0.15, 0.2) is 0 Å². The Kier molecular flexibility index (Phi) is 4.87. The second-order valence-corrected chi connectivity index (χ2v) is 6.71. The highest BCUT2D eigenvalue weighted by molar-refractivity contribution is 9.10. The van der Waals surface area contributed by atoms with E-state index in [0.29, 0.717) is 0 Å². The molecule has 4 heteroatoms. The molecule has 0 aliphatic carbocycles. The molecule has 1 aromatic carbocycles. The topological polar surface area (TPSA) is 18.5 Å². The van der Waals surface area contributed by atoms with E-state index in [9.17, 15) is 0 Å². The molecule has 106 valence electrons.